The van der Waals surface area contributed by atoms with Crippen LogP contribution in [0.5, 0.6) is 0 Å². The fourth-order valence-corrected chi connectivity index (χ4v) is 4.00. The van der Waals surface area contributed by atoms with Gasteiger partial charge in [-0.3, -0.25) is 9.52 Å². The molecule has 3 N–H and O–H groups in total. The van der Waals surface area contributed by atoms with Crippen molar-refractivity contribution in [3.63, 3.8) is 0 Å². The molecule has 0 bridgehead atoms. The number of amides is 1. The van der Waals surface area contributed by atoms with Crippen LogP contribution < -0.4 is 10.0 Å². The van der Waals surface area contributed by atoms with Crippen molar-refractivity contribution in [1.29, 1.82) is 0 Å². The molecule has 0 atom stereocenters. The van der Waals surface area contributed by atoms with Gasteiger partial charge >= 0.3 is 5.97 Å². The van der Waals surface area contributed by atoms with Crippen molar-refractivity contribution >= 4 is 49.2 Å². The number of carboxylic acid groups (broad SMARTS) is 1. The number of carbonyl (C=O) groups is 2. The molecule has 3 rings (SSSR count). The number of benzene rings is 3. The van der Waals surface area contributed by atoms with Gasteiger partial charge in [0, 0.05) is 15.7 Å². The summed E-state index contributed by atoms with van der Waals surface area (Å²) in [6.07, 6.45) is 0. The molecule has 10 heteroatoms. The zero-order chi connectivity index (χ0) is 21.9. The van der Waals surface area contributed by atoms with Gasteiger partial charge in [-0.15, -0.1) is 0 Å². The molecular weight excluding hydrogens is 479 g/mol. The van der Waals surface area contributed by atoms with E-state index in [4.69, 9.17) is 5.11 Å². The number of rotatable bonds is 6. The summed E-state index contributed by atoms with van der Waals surface area (Å²) < 4.78 is 41.4. The molecule has 0 heterocycles. The Hall–Kier alpha value is -3.24. The largest absolute Gasteiger partial charge is 0.478 e. The van der Waals surface area contributed by atoms with E-state index in [1.165, 1.54) is 24.3 Å². The van der Waals surface area contributed by atoms with Gasteiger partial charge < -0.3 is 10.4 Å². The molecule has 0 spiro atoms. The smallest absolute Gasteiger partial charge is 0.337 e. The van der Waals surface area contributed by atoms with Gasteiger partial charge in [0.05, 0.1) is 16.1 Å². The van der Waals surface area contributed by atoms with Crippen LogP contribution in [0.1, 0.15) is 20.7 Å². The van der Waals surface area contributed by atoms with E-state index in [0.29, 0.717) is 10.2 Å². The molecule has 30 heavy (non-hydrogen) atoms. The molecule has 0 saturated heterocycles. The molecule has 154 valence electrons. The zero-order valence-corrected chi connectivity index (χ0v) is 17.5. The standard InChI is InChI=1S/C20H14BrFN2O5S/c21-13-2-1-3-15(10-13)24-30(28,29)16-7-4-12(5-8-16)19(25)23-18-9-6-14(22)11-17(18)20(26)27/h1-11,24H,(H,23,25)(H,26,27). The normalized spacial score (nSPS) is 11.0. The minimum atomic E-state index is -3.88. The van der Waals surface area contributed by atoms with Crippen LogP contribution in [-0.2, 0) is 10.0 Å². The number of halogens is 2. The Morgan fingerprint density at radius 1 is 0.967 bits per heavy atom. The van der Waals surface area contributed by atoms with Crippen molar-refractivity contribution in [2.24, 2.45) is 0 Å². The van der Waals surface area contributed by atoms with Crippen molar-refractivity contribution in [2.75, 3.05) is 10.0 Å². The molecule has 0 saturated carbocycles. The lowest BCUT2D eigenvalue weighted by Crippen LogP contribution is -2.16. The molecule has 7 nitrogen and oxygen atoms in total. The van der Waals surface area contributed by atoms with E-state index >= 15 is 0 Å². The van der Waals surface area contributed by atoms with Crippen LogP contribution in [0, 0.1) is 5.82 Å². The van der Waals surface area contributed by atoms with Gasteiger partial charge in [-0.2, -0.15) is 0 Å². The number of carboxylic acids is 1. The van der Waals surface area contributed by atoms with Gasteiger partial charge in [0.2, 0.25) is 0 Å². The van der Waals surface area contributed by atoms with Crippen LogP contribution in [0.3, 0.4) is 0 Å². The number of hydrogen-bond donors (Lipinski definition) is 3. The Balaban J connectivity index is 1.78. The van der Waals surface area contributed by atoms with E-state index in [2.05, 4.69) is 26.0 Å². The lowest BCUT2D eigenvalue weighted by molar-refractivity contribution is 0.0697. The summed E-state index contributed by atoms with van der Waals surface area (Å²) in [6.45, 7) is 0. The fraction of sp³-hybridized carbons (Fsp3) is 0. The Labute approximate surface area is 179 Å². The molecule has 0 radical (unpaired) electrons. The predicted octanol–water partition coefficient (Wildman–Crippen LogP) is 4.34. The first kappa shape index (κ1) is 21.5. The van der Waals surface area contributed by atoms with Gasteiger partial charge in [0.15, 0.2) is 0 Å². The number of aromatic carboxylic acids is 1. The maximum absolute atomic E-state index is 13.3. The summed E-state index contributed by atoms with van der Waals surface area (Å²) in [5.74, 6) is -2.82. The maximum Gasteiger partial charge on any atom is 0.337 e. The third-order valence-corrected chi connectivity index (χ3v) is 5.85. The van der Waals surface area contributed by atoms with Crippen molar-refractivity contribution in [1.82, 2.24) is 0 Å². The number of carbonyl (C=O) groups excluding carboxylic acids is 1. The molecule has 0 aliphatic carbocycles. The van der Waals surface area contributed by atoms with Crippen molar-refractivity contribution in [3.8, 4) is 0 Å². The molecule has 0 aromatic heterocycles. The van der Waals surface area contributed by atoms with E-state index in [0.717, 1.165) is 18.2 Å². The minimum Gasteiger partial charge on any atom is -0.478 e. The SMILES string of the molecule is O=C(Nc1ccc(F)cc1C(=O)O)c1ccc(S(=O)(=O)Nc2cccc(Br)c2)cc1. The Morgan fingerprint density at radius 3 is 2.30 bits per heavy atom. The fourth-order valence-electron chi connectivity index (χ4n) is 2.55. The summed E-state index contributed by atoms with van der Waals surface area (Å²) >= 11 is 3.26. The Kier molecular flexibility index (Phi) is 6.18. The number of anilines is 2. The van der Waals surface area contributed by atoms with E-state index < -0.39 is 33.3 Å². The van der Waals surface area contributed by atoms with E-state index in [1.807, 2.05) is 0 Å². The Bertz CT molecular complexity index is 1230. The summed E-state index contributed by atoms with van der Waals surface area (Å²) in [5, 5.41) is 11.5. The van der Waals surface area contributed by atoms with Crippen LogP contribution in [0.15, 0.2) is 76.1 Å². The maximum atomic E-state index is 13.3. The highest BCUT2D eigenvalue weighted by Crippen LogP contribution is 2.21. The first-order chi connectivity index (χ1) is 14.2. The second-order valence-electron chi connectivity index (χ2n) is 6.09. The molecule has 0 aliphatic heterocycles. The number of nitrogens with one attached hydrogen (secondary N) is 2. The third kappa shape index (κ3) is 5.02. The monoisotopic (exact) mass is 492 g/mol. The van der Waals surface area contributed by atoms with Crippen LogP contribution in [0.2, 0.25) is 0 Å². The molecule has 0 unspecified atom stereocenters. The lowest BCUT2D eigenvalue weighted by Gasteiger charge is -2.10. The van der Waals surface area contributed by atoms with Gasteiger partial charge in [-0.1, -0.05) is 22.0 Å². The average Bonchev–Trinajstić information content (AvgIpc) is 2.69. The summed E-state index contributed by atoms with van der Waals surface area (Å²) in [7, 11) is -3.88. The highest BCUT2D eigenvalue weighted by molar-refractivity contribution is 9.10. The second kappa shape index (κ2) is 8.64. The summed E-state index contributed by atoms with van der Waals surface area (Å²) in [4.78, 5) is 23.6. The van der Waals surface area contributed by atoms with Crippen molar-refractivity contribution < 1.29 is 27.5 Å². The highest BCUT2D eigenvalue weighted by Gasteiger charge is 2.17. The molecule has 0 fully saturated rings. The van der Waals surface area contributed by atoms with Crippen LogP contribution in [0.25, 0.3) is 0 Å². The second-order valence-corrected chi connectivity index (χ2v) is 8.69. The molecule has 0 aliphatic rings. The Morgan fingerprint density at radius 2 is 1.67 bits per heavy atom. The highest BCUT2D eigenvalue weighted by atomic mass is 79.9. The molecule has 3 aromatic carbocycles. The van der Waals surface area contributed by atoms with Crippen LogP contribution in [-0.4, -0.2) is 25.4 Å². The van der Waals surface area contributed by atoms with E-state index in [9.17, 15) is 22.4 Å². The molecule has 1 amide bonds. The summed E-state index contributed by atoms with van der Waals surface area (Å²) in [6, 6.07) is 14.6. The van der Waals surface area contributed by atoms with Gasteiger partial charge in [0.1, 0.15) is 5.82 Å². The summed E-state index contributed by atoms with van der Waals surface area (Å²) in [5.41, 5.74) is -0.0246. The van der Waals surface area contributed by atoms with E-state index in [-0.39, 0.29) is 16.1 Å². The van der Waals surface area contributed by atoms with Gasteiger partial charge in [-0.25, -0.2) is 17.6 Å². The van der Waals surface area contributed by atoms with Gasteiger partial charge in [0.25, 0.3) is 15.9 Å². The zero-order valence-electron chi connectivity index (χ0n) is 15.1. The minimum absolute atomic E-state index is 0.0629. The third-order valence-electron chi connectivity index (χ3n) is 3.96. The lowest BCUT2D eigenvalue weighted by atomic mass is 10.1. The quantitative estimate of drug-likeness (QED) is 0.473. The first-order valence-corrected chi connectivity index (χ1v) is 10.7. The number of sulfonamides is 1. The first-order valence-electron chi connectivity index (χ1n) is 8.38. The topological polar surface area (TPSA) is 113 Å². The average molecular weight is 493 g/mol. The van der Waals surface area contributed by atoms with Crippen LogP contribution >= 0.6 is 15.9 Å². The molecule has 3 aromatic rings. The number of hydrogen-bond acceptors (Lipinski definition) is 4. The van der Waals surface area contributed by atoms with Crippen molar-refractivity contribution in [3.05, 3.63) is 88.1 Å². The van der Waals surface area contributed by atoms with Crippen LogP contribution in [0.4, 0.5) is 15.8 Å². The van der Waals surface area contributed by atoms with Gasteiger partial charge in [-0.05, 0) is 60.7 Å². The van der Waals surface area contributed by atoms with Crippen molar-refractivity contribution in [2.45, 2.75) is 4.90 Å². The molecular formula is C20H14BrFN2O5S. The van der Waals surface area contributed by atoms with E-state index in [1.54, 1.807) is 24.3 Å². The predicted molar refractivity (Wildman–Crippen MR) is 113 cm³/mol.